The summed E-state index contributed by atoms with van der Waals surface area (Å²) in [5.74, 6) is 3.08. The van der Waals surface area contributed by atoms with Crippen molar-refractivity contribution in [2.45, 2.75) is 58.3 Å². The molecule has 33 heavy (non-hydrogen) atoms. The fraction of sp³-hybridized carbons (Fsp3) is 0.538. The number of nitrogens with one attached hydrogen (secondary N) is 1. The van der Waals surface area contributed by atoms with Crippen LogP contribution in [0.5, 0.6) is 0 Å². The summed E-state index contributed by atoms with van der Waals surface area (Å²) in [5.41, 5.74) is 5.00. The molecule has 1 N–H and O–H groups in total. The number of piperidine rings is 1. The Labute approximate surface area is 194 Å². The zero-order chi connectivity index (χ0) is 22.5. The first kappa shape index (κ1) is 20.6. The number of aromatic amines is 1. The summed E-state index contributed by atoms with van der Waals surface area (Å²) < 4.78 is 0. The third-order valence-corrected chi connectivity index (χ3v) is 7.53. The number of fused-ring (bicyclic) bond motifs is 2. The van der Waals surface area contributed by atoms with E-state index in [4.69, 9.17) is 9.97 Å². The van der Waals surface area contributed by atoms with Crippen LogP contribution in [-0.4, -0.2) is 57.2 Å². The highest BCUT2D eigenvalue weighted by atomic mass is 16.2. The average molecular weight is 445 g/mol. The van der Waals surface area contributed by atoms with Gasteiger partial charge in [0.05, 0.1) is 5.52 Å². The van der Waals surface area contributed by atoms with Crippen molar-refractivity contribution in [1.82, 2.24) is 25.1 Å². The van der Waals surface area contributed by atoms with Crippen molar-refractivity contribution in [2.24, 2.45) is 5.92 Å². The molecule has 1 saturated heterocycles. The molecule has 0 bridgehead atoms. The van der Waals surface area contributed by atoms with Gasteiger partial charge in [0.15, 0.2) is 5.69 Å². The Bertz CT molecular complexity index is 1210. The Morgan fingerprint density at radius 2 is 2.00 bits per heavy atom. The Morgan fingerprint density at radius 1 is 1.12 bits per heavy atom. The summed E-state index contributed by atoms with van der Waals surface area (Å²) in [6.07, 6.45) is 6.94. The van der Waals surface area contributed by atoms with Crippen LogP contribution >= 0.6 is 0 Å². The quantitative estimate of drug-likeness (QED) is 0.654. The number of hydrogen-bond donors (Lipinski definition) is 1. The molecule has 1 saturated carbocycles. The lowest BCUT2D eigenvalue weighted by atomic mass is 9.95. The van der Waals surface area contributed by atoms with E-state index in [1.807, 2.05) is 30.0 Å². The fourth-order valence-electron chi connectivity index (χ4n) is 5.49. The van der Waals surface area contributed by atoms with Crippen molar-refractivity contribution in [3.05, 3.63) is 46.5 Å². The summed E-state index contributed by atoms with van der Waals surface area (Å²) >= 11 is 0. The molecule has 2 aromatic heterocycles. The van der Waals surface area contributed by atoms with Gasteiger partial charge in [0.25, 0.3) is 5.91 Å². The fourth-order valence-corrected chi connectivity index (χ4v) is 5.49. The first-order valence-electron chi connectivity index (χ1n) is 12.4. The second kappa shape index (κ2) is 8.12. The van der Waals surface area contributed by atoms with E-state index in [0.717, 1.165) is 78.6 Å². The molecule has 1 aliphatic carbocycles. The highest BCUT2D eigenvalue weighted by Crippen LogP contribution is 2.36. The number of aromatic nitrogens is 4. The molecule has 4 heterocycles. The highest BCUT2D eigenvalue weighted by Gasteiger charge is 2.32. The third kappa shape index (κ3) is 3.87. The SMILES string of the molecule is Cc1ccc2[nH]nc(C(=O)N3CCC[C@@H](c4nc(C)c5c(n4)N(CC4CC4)CCC5)C3)c2c1. The molecule has 3 aliphatic rings. The minimum Gasteiger partial charge on any atom is -0.356 e. The molecule has 1 atom stereocenters. The number of H-pyrrole nitrogens is 1. The molecule has 6 rings (SSSR count). The lowest BCUT2D eigenvalue weighted by Gasteiger charge is -2.34. The minimum absolute atomic E-state index is 0.00147. The maximum Gasteiger partial charge on any atom is 0.275 e. The van der Waals surface area contributed by atoms with Crippen LogP contribution in [0.1, 0.15) is 71.2 Å². The number of hydrogen-bond acceptors (Lipinski definition) is 5. The van der Waals surface area contributed by atoms with Crippen molar-refractivity contribution >= 4 is 22.6 Å². The summed E-state index contributed by atoms with van der Waals surface area (Å²) in [6.45, 7) is 7.81. The number of anilines is 1. The maximum absolute atomic E-state index is 13.4. The maximum atomic E-state index is 13.4. The zero-order valence-corrected chi connectivity index (χ0v) is 19.6. The van der Waals surface area contributed by atoms with Crippen molar-refractivity contribution in [2.75, 3.05) is 31.1 Å². The Kier molecular flexibility index (Phi) is 5.07. The molecular weight excluding hydrogens is 412 g/mol. The molecule has 1 aromatic carbocycles. The lowest BCUT2D eigenvalue weighted by Crippen LogP contribution is -2.40. The monoisotopic (exact) mass is 444 g/mol. The van der Waals surface area contributed by atoms with Crippen LogP contribution < -0.4 is 4.90 Å². The van der Waals surface area contributed by atoms with E-state index in [1.54, 1.807) is 0 Å². The van der Waals surface area contributed by atoms with Crippen molar-refractivity contribution in [3.63, 3.8) is 0 Å². The molecule has 0 unspecified atom stereocenters. The molecule has 2 aliphatic heterocycles. The van der Waals surface area contributed by atoms with Crippen LogP contribution in [0.3, 0.4) is 0 Å². The minimum atomic E-state index is 0.00147. The number of aryl methyl sites for hydroxylation is 2. The van der Waals surface area contributed by atoms with E-state index in [9.17, 15) is 4.79 Å². The molecule has 7 nitrogen and oxygen atoms in total. The number of benzene rings is 1. The molecular formula is C26H32N6O. The summed E-state index contributed by atoms with van der Waals surface area (Å²) in [6, 6.07) is 6.07. The molecule has 3 aromatic rings. The Balaban J connectivity index is 1.26. The van der Waals surface area contributed by atoms with Gasteiger partial charge in [-0.1, -0.05) is 11.6 Å². The van der Waals surface area contributed by atoms with Gasteiger partial charge in [0, 0.05) is 48.7 Å². The Morgan fingerprint density at radius 3 is 2.85 bits per heavy atom. The van der Waals surface area contributed by atoms with E-state index in [2.05, 4.69) is 22.0 Å². The summed E-state index contributed by atoms with van der Waals surface area (Å²) in [5, 5.41) is 8.29. The van der Waals surface area contributed by atoms with E-state index in [-0.39, 0.29) is 11.8 Å². The molecule has 1 amide bonds. The van der Waals surface area contributed by atoms with Crippen LogP contribution in [0.25, 0.3) is 10.9 Å². The van der Waals surface area contributed by atoms with Gasteiger partial charge in [-0.2, -0.15) is 5.10 Å². The molecule has 7 heteroatoms. The molecule has 0 radical (unpaired) electrons. The number of carbonyl (C=O) groups is 1. The van der Waals surface area contributed by atoms with Gasteiger partial charge in [0.2, 0.25) is 0 Å². The van der Waals surface area contributed by atoms with E-state index >= 15 is 0 Å². The topological polar surface area (TPSA) is 78.0 Å². The number of likely N-dealkylation sites (tertiary alicyclic amines) is 1. The van der Waals surface area contributed by atoms with Crippen LogP contribution in [0.15, 0.2) is 18.2 Å². The van der Waals surface area contributed by atoms with Crippen LogP contribution in [0.4, 0.5) is 5.82 Å². The number of rotatable bonds is 4. The van der Waals surface area contributed by atoms with Gasteiger partial charge in [-0.05, 0) is 70.4 Å². The van der Waals surface area contributed by atoms with E-state index in [0.29, 0.717) is 12.2 Å². The smallest absolute Gasteiger partial charge is 0.275 e. The highest BCUT2D eigenvalue weighted by molar-refractivity contribution is 6.04. The average Bonchev–Trinajstić information content (AvgIpc) is 3.55. The number of carbonyl (C=O) groups excluding carboxylic acids is 1. The lowest BCUT2D eigenvalue weighted by molar-refractivity contribution is 0.0700. The second-order valence-electron chi connectivity index (χ2n) is 10.2. The van der Waals surface area contributed by atoms with Gasteiger partial charge in [-0.3, -0.25) is 9.89 Å². The van der Waals surface area contributed by atoms with E-state index < -0.39 is 0 Å². The number of nitrogens with zero attached hydrogens (tertiary/aromatic N) is 5. The molecule has 0 spiro atoms. The van der Waals surface area contributed by atoms with Crippen LogP contribution in [0, 0.1) is 19.8 Å². The second-order valence-corrected chi connectivity index (χ2v) is 10.2. The summed E-state index contributed by atoms with van der Waals surface area (Å²) in [7, 11) is 0. The normalized spacial score (nSPS) is 20.8. The van der Waals surface area contributed by atoms with Crippen molar-refractivity contribution in [3.8, 4) is 0 Å². The third-order valence-electron chi connectivity index (χ3n) is 7.53. The summed E-state index contributed by atoms with van der Waals surface area (Å²) in [4.78, 5) is 28.0. The zero-order valence-electron chi connectivity index (χ0n) is 19.6. The van der Waals surface area contributed by atoms with Gasteiger partial charge < -0.3 is 9.80 Å². The van der Waals surface area contributed by atoms with Gasteiger partial charge in [0.1, 0.15) is 11.6 Å². The van der Waals surface area contributed by atoms with Crippen molar-refractivity contribution < 1.29 is 4.79 Å². The number of amides is 1. The largest absolute Gasteiger partial charge is 0.356 e. The Hall–Kier alpha value is -2.96. The van der Waals surface area contributed by atoms with Gasteiger partial charge in [-0.15, -0.1) is 0 Å². The first-order valence-corrected chi connectivity index (χ1v) is 12.4. The van der Waals surface area contributed by atoms with Crippen LogP contribution in [0.2, 0.25) is 0 Å². The van der Waals surface area contributed by atoms with Crippen LogP contribution in [-0.2, 0) is 6.42 Å². The first-order chi connectivity index (χ1) is 16.1. The van der Waals surface area contributed by atoms with E-state index in [1.165, 1.54) is 24.8 Å². The molecule has 2 fully saturated rings. The van der Waals surface area contributed by atoms with Gasteiger partial charge >= 0.3 is 0 Å². The standard InChI is InChI=1S/C26H32N6O/c1-16-7-10-22-21(13-16)23(30-29-22)26(33)32-12-3-5-19(15-32)24-27-17(2)20-6-4-11-31(25(20)28-24)14-18-8-9-18/h7,10,13,18-19H,3-6,8-9,11-12,14-15H2,1-2H3,(H,29,30)/t19-/m1/s1. The molecule has 172 valence electrons. The predicted octanol–water partition coefficient (Wildman–Crippen LogP) is 4.15. The predicted molar refractivity (Wildman–Crippen MR) is 129 cm³/mol. The van der Waals surface area contributed by atoms with Gasteiger partial charge in [-0.25, -0.2) is 9.97 Å². The van der Waals surface area contributed by atoms with Crippen molar-refractivity contribution in [1.29, 1.82) is 0 Å².